The Kier molecular flexibility index (Phi) is 5.58. The van der Waals surface area contributed by atoms with Crippen LogP contribution >= 0.6 is 23.5 Å². The van der Waals surface area contributed by atoms with Crippen molar-refractivity contribution in [3.05, 3.63) is 42.5 Å². The Balaban J connectivity index is 2.65. The van der Waals surface area contributed by atoms with Gasteiger partial charge in [0.25, 0.3) is 0 Å². The van der Waals surface area contributed by atoms with E-state index >= 15 is 0 Å². The minimum Gasteiger partial charge on any atom is -0.235 e. The molecule has 0 saturated carbocycles. The highest BCUT2D eigenvalue weighted by Gasteiger charge is 1.98. The number of aliphatic imine (C=N–C) groups is 1. The van der Waals surface area contributed by atoms with Crippen molar-refractivity contribution >= 4 is 33.6 Å². The van der Waals surface area contributed by atoms with Crippen LogP contribution in [0.2, 0.25) is 0 Å². The van der Waals surface area contributed by atoms with E-state index in [0.717, 1.165) is 15.8 Å². The summed E-state index contributed by atoms with van der Waals surface area (Å²) in [5.41, 5.74) is 2.19. The lowest BCUT2D eigenvalue weighted by Gasteiger charge is -2.02. The number of para-hydroxylation sites is 1. The summed E-state index contributed by atoms with van der Waals surface area (Å²) in [5.74, 6) is 0.937. The molecule has 0 heterocycles. The number of thioether (sulfide) groups is 2. The van der Waals surface area contributed by atoms with Crippen LogP contribution in [0.5, 0.6) is 0 Å². The predicted octanol–water partition coefficient (Wildman–Crippen LogP) is 4.35. The van der Waals surface area contributed by atoms with E-state index in [1.165, 1.54) is 5.57 Å². The minimum absolute atomic E-state index is 0.937. The summed E-state index contributed by atoms with van der Waals surface area (Å²) in [7, 11) is 0. The van der Waals surface area contributed by atoms with E-state index in [4.69, 9.17) is 0 Å². The van der Waals surface area contributed by atoms with Crippen molar-refractivity contribution in [2.75, 3.05) is 12.0 Å². The summed E-state index contributed by atoms with van der Waals surface area (Å²) in [6.45, 7) is 5.92. The zero-order valence-electron chi connectivity index (χ0n) is 9.06. The molecular formula is C12H15NS2. The molecule has 0 atom stereocenters. The van der Waals surface area contributed by atoms with Gasteiger partial charge in [0.2, 0.25) is 0 Å². The smallest absolute Gasteiger partial charge is 0.130 e. The average molecular weight is 237 g/mol. The number of nitrogens with zero attached hydrogens (tertiary/aromatic N) is 1. The topological polar surface area (TPSA) is 12.4 Å². The van der Waals surface area contributed by atoms with E-state index in [-0.39, 0.29) is 0 Å². The van der Waals surface area contributed by atoms with E-state index in [2.05, 4.69) is 11.6 Å². The maximum atomic E-state index is 4.55. The van der Waals surface area contributed by atoms with Gasteiger partial charge in [0, 0.05) is 5.75 Å². The normalized spacial score (nSPS) is 11.5. The van der Waals surface area contributed by atoms with Crippen molar-refractivity contribution in [1.82, 2.24) is 0 Å². The van der Waals surface area contributed by atoms with Crippen LogP contribution in [-0.4, -0.2) is 16.4 Å². The predicted molar refractivity (Wildman–Crippen MR) is 74.3 cm³/mol. The SMILES string of the molecule is C=C(C)CSC(=Nc1ccccc1)SC. The van der Waals surface area contributed by atoms with Crippen LogP contribution in [0.25, 0.3) is 0 Å². The second kappa shape index (κ2) is 6.75. The zero-order chi connectivity index (χ0) is 11.1. The van der Waals surface area contributed by atoms with Gasteiger partial charge in [-0.15, -0.1) is 11.8 Å². The van der Waals surface area contributed by atoms with Crippen molar-refractivity contribution in [1.29, 1.82) is 0 Å². The number of rotatable bonds is 3. The number of hydrogen-bond donors (Lipinski definition) is 0. The minimum atomic E-state index is 0.937. The van der Waals surface area contributed by atoms with E-state index in [0.29, 0.717) is 0 Å². The van der Waals surface area contributed by atoms with Gasteiger partial charge in [0.1, 0.15) is 4.38 Å². The highest BCUT2D eigenvalue weighted by atomic mass is 32.2. The monoisotopic (exact) mass is 237 g/mol. The van der Waals surface area contributed by atoms with Crippen molar-refractivity contribution < 1.29 is 0 Å². The van der Waals surface area contributed by atoms with Gasteiger partial charge in [-0.25, -0.2) is 4.99 Å². The number of hydrogen-bond acceptors (Lipinski definition) is 3. The van der Waals surface area contributed by atoms with Crippen molar-refractivity contribution in [2.24, 2.45) is 4.99 Å². The Hall–Kier alpha value is -0.670. The first-order valence-electron chi connectivity index (χ1n) is 4.67. The van der Waals surface area contributed by atoms with Crippen LogP contribution in [0.1, 0.15) is 6.92 Å². The molecule has 0 spiro atoms. The third-order valence-corrected chi connectivity index (χ3v) is 3.86. The molecular weight excluding hydrogens is 222 g/mol. The molecule has 0 bridgehead atoms. The molecule has 0 aliphatic heterocycles. The maximum absolute atomic E-state index is 4.55. The number of benzene rings is 1. The van der Waals surface area contributed by atoms with Gasteiger partial charge in [-0.3, -0.25) is 0 Å². The Labute approximate surface area is 100 Å². The zero-order valence-corrected chi connectivity index (χ0v) is 10.7. The summed E-state index contributed by atoms with van der Waals surface area (Å²) in [6, 6.07) is 10.0. The molecule has 1 rings (SSSR count). The quantitative estimate of drug-likeness (QED) is 0.440. The summed E-state index contributed by atoms with van der Waals surface area (Å²) in [5, 5.41) is 0. The molecule has 3 heteroatoms. The first-order valence-corrected chi connectivity index (χ1v) is 6.88. The van der Waals surface area contributed by atoms with E-state index in [1.54, 1.807) is 23.5 Å². The molecule has 1 aromatic carbocycles. The second-order valence-electron chi connectivity index (χ2n) is 3.16. The Bertz CT molecular complexity index is 344. The molecule has 80 valence electrons. The van der Waals surface area contributed by atoms with Gasteiger partial charge >= 0.3 is 0 Å². The molecule has 15 heavy (non-hydrogen) atoms. The fourth-order valence-electron chi connectivity index (χ4n) is 0.930. The molecule has 0 saturated heterocycles. The fraction of sp³-hybridized carbons (Fsp3) is 0.250. The van der Waals surface area contributed by atoms with Crippen molar-refractivity contribution in [3.8, 4) is 0 Å². The maximum Gasteiger partial charge on any atom is 0.130 e. The van der Waals surface area contributed by atoms with E-state index in [1.807, 2.05) is 43.5 Å². The molecule has 0 N–H and O–H groups in total. The third-order valence-electron chi connectivity index (χ3n) is 1.59. The standard InChI is InChI=1S/C12H15NS2/c1-10(2)9-15-12(14-3)13-11-7-5-4-6-8-11/h4-8H,1,9H2,2-3H3. The first-order chi connectivity index (χ1) is 7.22. The molecule has 0 unspecified atom stereocenters. The fourth-order valence-corrected chi connectivity index (χ4v) is 2.31. The van der Waals surface area contributed by atoms with Gasteiger partial charge in [-0.05, 0) is 25.3 Å². The summed E-state index contributed by atoms with van der Waals surface area (Å²) < 4.78 is 1.09. The molecule has 1 nitrogen and oxygen atoms in total. The van der Waals surface area contributed by atoms with Gasteiger partial charge < -0.3 is 0 Å². The van der Waals surface area contributed by atoms with Gasteiger partial charge in [0.05, 0.1) is 5.69 Å². The van der Waals surface area contributed by atoms with Gasteiger partial charge in [-0.1, -0.05) is 42.1 Å². The van der Waals surface area contributed by atoms with Crippen LogP contribution in [0.3, 0.4) is 0 Å². The van der Waals surface area contributed by atoms with Gasteiger partial charge in [-0.2, -0.15) is 0 Å². The lowest BCUT2D eigenvalue weighted by Crippen LogP contribution is -1.87. The molecule has 1 aromatic rings. The first kappa shape index (κ1) is 12.4. The average Bonchev–Trinajstić information content (AvgIpc) is 2.25. The van der Waals surface area contributed by atoms with Crippen LogP contribution in [-0.2, 0) is 0 Å². The lowest BCUT2D eigenvalue weighted by molar-refractivity contribution is 1.44. The van der Waals surface area contributed by atoms with Crippen molar-refractivity contribution in [3.63, 3.8) is 0 Å². The van der Waals surface area contributed by atoms with E-state index in [9.17, 15) is 0 Å². The van der Waals surface area contributed by atoms with Crippen LogP contribution in [0, 0.1) is 0 Å². The molecule has 0 aromatic heterocycles. The highest BCUT2D eigenvalue weighted by Crippen LogP contribution is 2.21. The molecule has 0 aliphatic rings. The Morgan fingerprint density at radius 1 is 1.33 bits per heavy atom. The summed E-state index contributed by atoms with van der Waals surface area (Å²) in [6.07, 6.45) is 2.05. The molecule has 0 amide bonds. The Morgan fingerprint density at radius 3 is 2.53 bits per heavy atom. The van der Waals surface area contributed by atoms with Gasteiger partial charge in [0.15, 0.2) is 0 Å². The summed E-state index contributed by atoms with van der Waals surface area (Å²) in [4.78, 5) is 4.55. The Morgan fingerprint density at radius 2 is 2.00 bits per heavy atom. The second-order valence-corrected chi connectivity index (χ2v) is 5.18. The van der Waals surface area contributed by atoms with Crippen molar-refractivity contribution in [2.45, 2.75) is 6.92 Å². The molecule has 0 radical (unpaired) electrons. The van der Waals surface area contributed by atoms with E-state index < -0.39 is 0 Å². The van der Waals surface area contributed by atoms with Crippen LogP contribution < -0.4 is 0 Å². The largest absolute Gasteiger partial charge is 0.235 e. The molecule has 0 fully saturated rings. The third kappa shape index (κ3) is 5.09. The van der Waals surface area contributed by atoms with Crippen LogP contribution in [0.4, 0.5) is 5.69 Å². The van der Waals surface area contributed by atoms with Crippen LogP contribution in [0.15, 0.2) is 47.5 Å². The lowest BCUT2D eigenvalue weighted by atomic mass is 10.3. The highest BCUT2D eigenvalue weighted by molar-refractivity contribution is 8.38. The summed E-state index contributed by atoms with van der Waals surface area (Å²) >= 11 is 3.42. The molecule has 0 aliphatic carbocycles.